The predicted molar refractivity (Wildman–Crippen MR) is 240 cm³/mol. The molecule has 0 unspecified atom stereocenters. The molecule has 3 amide bonds. The van der Waals surface area contributed by atoms with Gasteiger partial charge in [0.25, 0.3) is 5.91 Å². The van der Waals surface area contributed by atoms with Gasteiger partial charge >= 0.3 is 13.5 Å². The van der Waals surface area contributed by atoms with Gasteiger partial charge in [0.15, 0.2) is 0 Å². The molecule has 16 heteroatoms. The summed E-state index contributed by atoms with van der Waals surface area (Å²) in [4.78, 5) is 67.0. The molecule has 9 atom stereocenters. The Morgan fingerprint density at radius 1 is 1.05 bits per heavy atom. The molecule has 63 heavy (non-hydrogen) atoms. The smallest absolute Gasteiger partial charge is 0.355 e. The predicted octanol–water partition coefficient (Wildman–Crippen LogP) is 7.97. The number of esters is 1. The number of rotatable bonds is 14. The lowest BCUT2D eigenvalue weighted by Gasteiger charge is -2.37. The van der Waals surface area contributed by atoms with E-state index in [1.165, 1.54) is 30.4 Å². The molecule has 9 rings (SSSR count). The zero-order valence-electron chi connectivity index (χ0n) is 36.2. The van der Waals surface area contributed by atoms with Gasteiger partial charge in [-0.05, 0) is 129 Å². The Bertz CT molecular complexity index is 2450. The number of carbonyl (C=O) groups is 4. The van der Waals surface area contributed by atoms with Crippen LogP contribution in [0.15, 0.2) is 73.1 Å². The number of hydrogen-bond acceptors (Lipinski definition) is 10. The van der Waals surface area contributed by atoms with Crippen molar-refractivity contribution < 1.29 is 37.4 Å². The number of para-hydroxylation sites is 1. The first-order valence-corrected chi connectivity index (χ1v) is 24.8. The number of anilines is 1. The van der Waals surface area contributed by atoms with Gasteiger partial charge in [-0.15, -0.1) is 11.3 Å². The maximum Gasteiger partial charge on any atom is 0.355 e. The van der Waals surface area contributed by atoms with Crippen LogP contribution in [0.1, 0.15) is 104 Å². The molecule has 2 saturated carbocycles. The molecule has 0 radical (unpaired) electrons. The van der Waals surface area contributed by atoms with Crippen LogP contribution >= 0.6 is 18.9 Å². The molecule has 2 aromatic heterocycles. The fourth-order valence-electron chi connectivity index (χ4n) is 10.3. The Labute approximate surface area is 371 Å². The molecular weight excluding hydrogens is 843 g/mol. The number of amides is 3. The summed E-state index contributed by atoms with van der Waals surface area (Å²) in [5.41, 5.74) is 2.10. The second-order valence-corrected chi connectivity index (χ2v) is 21.6. The van der Waals surface area contributed by atoms with Crippen molar-refractivity contribution in [1.29, 1.82) is 0 Å². The number of benzene rings is 2. The first kappa shape index (κ1) is 43.4. The summed E-state index contributed by atoms with van der Waals surface area (Å²) in [6, 6.07) is 14.0. The number of nitrogens with one attached hydrogen (secondary N) is 2. The van der Waals surface area contributed by atoms with Crippen LogP contribution in [0.5, 0.6) is 5.75 Å². The summed E-state index contributed by atoms with van der Waals surface area (Å²) >= 11 is 1.21. The van der Waals surface area contributed by atoms with E-state index in [0.29, 0.717) is 52.6 Å². The third-order valence-electron chi connectivity index (χ3n) is 13.8. The average Bonchev–Trinajstić information content (AvgIpc) is 4.03. The summed E-state index contributed by atoms with van der Waals surface area (Å²) in [6.07, 6.45) is 10.9. The Morgan fingerprint density at radius 3 is 2.57 bits per heavy atom. The van der Waals surface area contributed by atoms with Crippen LogP contribution in [0.4, 0.5) is 10.1 Å². The first-order chi connectivity index (χ1) is 30.3. The van der Waals surface area contributed by atoms with Crippen molar-refractivity contribution in [2.75, 3.05) is 32.1 Å². The van der Waals surface area contributed by atoms with Crippen molar-refractivity contribution in [2.45, 2.75) is 113 Å². The van der Waals surface area contributed by atoms with Gasteiger partial charge in [-0.25, -0.2) is 9.48 Å². The molecule has 5 aliphatic rings. The number of aromatic nitrogens is 1. The van der Waals surface area contributed by atoms with Crippen molar-refractivity contribution in [3.63, 3.8) is 0 Å². The van der Waals surface area contributed by atoms with E-state index in [-0.39, 0.29) is 47.2 Å². The van der Waals surface area contributed by atoms with E-state index in [1.54, 1.807) is 48.7 Å². The molecule has 2 aromatic carbocycles. The molecule has 4 aromatic rings. The maximum atomic E-state index is 16.6. The van der Waals surface area contributed by atoms with E-state index in [1.807, 2.05) is 38.2 Å². The number of carbonyl (C=O) groups excluding carboxylic acids is 4. The molecule has 0 bridgehead atoms. The maximum absolute atomic E-state index is 16.6. The van der Waals surface area contributed by atoms with Crippen LogP contribution in [0.3, 0.4) is 0 Å². The lowest BCUT2D eigenvalue weighted by Crippen LogP contribution is -2.57. The zero-order valence-corrected chi connectivity index (χ0v) is 37.9. The minimum absolute atomic E-state index is 0.0189. The van der Waals surface area contributed by atoms with Crippen molar-refractivity contribution in [1.82, 2.24) is 25.2 Å². The van der Waals surface area contributed by atoms with E-state index in [9.17, 15) is 23.7 Å². The zero-order chi connectivity index (χ0) is 44.2. The van der Waals surface area contributed by atoms with Gasteiger partial charge in [0.2, 0.25) is 17.7 Å². The number of pyridine rings is 1. The van der Waals surface area contributed by atoms with Gasteiger partial charge in [0, 0.05) is 60.9 Å². The molecule has 13 nitrogen and oxygen atoms in total. The molecular formula is C47H56FN6O7PS. The highest BCUT2D eigenvalue weighted by atomic mass is 32.1. The second-order valence-electron chi connectivity index (χ2n) is 18.4. The summed E-state index contributed by atoms with van der Waals surface area (Å²) < 4.78 is 42.7. The van der Waals surface area contributed by atoms with Crippen molar-refractivity contribution in [2.24, 2.45) is 11.8 Å². The van der Waals surface area contributed by atoms with Crippen LogP contribution in [-0.4, -0.2) is 95.4 Å². The van der Waals surface area contributed by atoms with Crippen molar-refractivity contribution in [3.8, 4) is 5.75 Å². The van der Waals surface area contributed by atoms with Crippen LogP contribution in [0, 0.1) is 11.8 Å². The standard InChI is InChI=1S/C47H56FN6O7PS/c1-5-19-60-46(58)28(2)51-62(59,61-35-9-7-6-8-10-35)42(48)29-11-14-40-32(20-29)24-41(63-40)43(55)50-37-23-31-21-30(31)22-34-12-13-39(54(34)44(37)56)45(57)53-27-33(25-47(53)16-17-47)36-26-49-18-15-38(36)52(3)4/h6-11,14-15,18,20,24,26,28,30-31,33-34,37,39,42H,5,12-13,16-17,19,21-23,25,27H2,1-4H3,(H,50,55)(H,51,59)/t28-,30+,31-,33+,34+,37-,39-,42+,62-/m0/s1. The summed E-state index contributed by atoms with van der Waals surface area (Å²) in [5, 5.41) is 6.23. The molecule has 2 aliphatic carbocycles. The van der Waals surface area contributed by atoms with Gasteiger partial charge < -0.3 is 29.3 Å². The number of likely N-dealkylation sites (tertiary alicyclic amines) is 1. The fourth-order valence-corrected chi connectivity index (χ4v) is 13.2. The Morgan fingerprint density at radius 2 is 1.83 bits per heavy atom. The van der Waals surface area contributed by atoms with Gasteiger partial charge in [-0.2, -0.15) is 0 Å². The van der Waals surface area contributed by atoms with Gasteiger partial charge in [0.05, 0.1) is 11.5 Å². The van der Waals surface area contributed by atoms with Gasteiger partial charge in [0.1, 0.15) is 23.9 Å². The number of hydrogen-bond donors (Lipinski definition) is 2. The largest absolute Gasteiger partial charge is 0.465 e. The first-order valence-electron chi connectivity index (χ1n) is 22.3. The highest BCUT2D eigenvalue weighted by Crippen LogP contribution is 2.59. The van der Waals surface area contributed by atoms with E-state index in [4.69, 9.17) is 9.26 Å². The van der Waals surface area contributed by atoms with Gasteiger partial charge in [-0.1, -0.05) is 31.2 Å². The summed E-state index contributed by atoms with van der Waals surface area (Å²) in [6.45, 7) is 4.05. The van der Waals surface area contributed by atoms with Crippen molar-refractivity contribution in [3.05, 3.63) is 89.1 Å². The molecule has 3 aliphatic heterocycles. The number of thiophene rings is 1. The number of fused-ring (bicyclic) bond motifs is 3. The topological polar surface area (TPSA) is 150 Å². The van der Waals surface area contributed by atoms with Crippen LogP contribution in [0.25, 0.3) is 10.1 Å². The molecule has 2 N–H and O–H groups in total. The third-order valence-corrected chi connectivity index (χ3v) is 17.0. The Hall–Kier alpha value is -4.85. The third kappa shape index (κ3) is 8.60. The highest BCUT2D eigenvalue weighted by Gasteiger charge is 2.59. The molecule has 3 saturated heterocycles. The Kier molecular flexibility index (Phi) is 11.9. The minimum Gasteiger partial charge on any atom is -0.465 e. The summed E-state index contributed by atoms with van der Waals surface area (Å²) in [7, 11) is -0.405. The molecule has 334 valence electrons. The quantitative estimate of drug-likeness (QED) is 0.0943. The van der Waals surface area contributed by atoms with E-state index >= 15 is 4.39 Å². The van der Waals surface area contributed by atoms with Crippen LogP contribution in [-0.2, 0) is 23.7 Å². The monoisotopic (exact) mass is 898 g/mol. The van der Waals surface area contributed by atoms with Crippen LogP contribution in [0.2, 0.25) is 0 Å². The van der Waals surface area contributed by atoms with Gasteiger partial charge in [-0.3, -0.25) is 28.7 Å². The number of alkyl halides is 1. The lowest BCUT2D eigenvalue weighted by molar-refractivity contribution is -0.148. The van der Waals surface area contributed by atoms with Crippen LogP contribution < -0.4 is 19.8 Å². The van der Waals surface area contributed by atoms with E-state index in [0.717, 1.165) is 49.8 Å². The second kappa shape index (κ2) is 17.3. The summed E-state index contributed by atoms with van der Waals surface area (Å²) in [5.74, 6) is -2.36. The van der Waals surface area contributed by atoms with E-state index < -0.39 is 43.4 Å². The van der Waals surface area contributed by atoms with Crippen molar-refractivity contribution >= 4 is 58.3 Å². The highest BCUT2D eigenvalue weighted by molar-refractivity contribution is 7.57. The number of ether oxygens (including phenoxy) is 1. The minimum atomic E-state index is -4.45. The molecule has 5 heterocycles. The average molecular weight is 899 g/mol. The SMILES string of the molecule is CCCOC(=O)[C@H](C)N[P@@](=O)(Oc1ccccc1)[C@@H](F)c1ccc2sc(C(=O)N[C@H]3C[C@@H]4C[C@@H]4C[C@H]4CC[C@@H](C(=O)N5C[C@H](c6cnccc6N(C)C)CC56CC6)N4C3=O)cc2c1. The van der Waals surface area contributed by atoms with E-state index in [2.05, 4.69) is 25.2 Å². The fraction of sp³-hybridized carbons (Fsp3) is 0.511. The Balaban J connectivity index is 0.922. The molecule has 1 spiro atoms. The number of halogens is 1. The lowest BCUT2D eigenvalue weighted by atomic mass is 9.95. The number of nitrogens with zero attached hydrogens (tertiary/aromatic N) is 4. The molecule has 5 fully saturated rings. The normalized spacial score (nSPS) is 26.5.